The van der Waals surface area contributed by atoms with E-state index in [2.05, 4.69) is 39.1 Å². The van der Waals surface area contributed by atoms with Crippen molar-refractivity contribution in [3.63, 3.8) is 0 Å². The van der Waals surface area contributed by atoms with Crippen LogP contribution in [0.25, 0.3) is 0 Å². The van der Waals surface area contributed by atoms with Gasteiger partial charge in [-0.15, -0.1) is 24.0 Å². The highest BCUT2D eigenvalue weighted by atomic mass is 127. The van der Waals surface area contributed by atoms with E-state index in [9.17, 15) is 4.79 Å². The van der Waals surface area contributed by atoms with Crippen LogP contribution in [0.5, 0.6) is 5.75 Å². The van der Waals surface area contributed by atoms with E-state index >= 15 is 0 Å². The first-order chi connectivity index (χ1) is 15.1. The average molecular weight is 548 g/mol. The Morgan fingerprint density at radius 3 is 2.53 bits per heavy atom. The topological polar surface area (TPSA) is 74.8 Å². The van der Waals surface area contributed by atoms with Crippen molar-refractivity contribution >= 4 is 41.5 Å². The molecule has 3 N–H and O–H groups in total. The number of carbonyl (C=O) groups is 1. The maximum atomic E-state index is 11.2. The van der Waals surface area contributed by atoms with Crippen LogP contribution in [0.2, 0.25) is 0 Å². The predicted octanol–water partition coefficient (Wildman–Crippen LogP) is 4.81. The Labute approximate surface area is 207 Å². The number of nitrogens with zero attached hydrogens (tertiary/aromatic N) is 1. The van der Waals surface area contributed by atoms with Crippen LogP contribution >= 0.6 is 24.0 Å². The molecular weight excluding hydrogens is 515 g/mol. The van der Waals surface area contributed by atoms with Gasteiger partial charge in [-0.2, -0.15) is 0 Å². The van der Waals surface area contributed by atoms with Crippen molar-refractivity contribution < 1.29 is 9.53 Å². The van der Waals surface area contributed by atoms with Gasteiger partial charge in [0.15, 0.2) is 5.96 Å². The number of carbonyl (C=O) groups excluding carboxylic acids is 1. The molecule has 0 bridgehead atoms. The van der Waals surface area contributed by atoms with Crippen LogP contribution in [-0.4, -0.2) is 31.1 Å². The Bertz CT molecular complexity index is 939. The molecule has 1 spiro atoms. The minimum absolute atomic E-state index is 0. The predicted molar refractivity (Wildman–Crippen MR) is 140 cm³/mol. The van der Waals surface area contributed by atoms with Gasteiger partial charge in [0.25, 0.3) is 0 Å². The molecular formula is C25H33IN4O2. The standard InChI is InChI=1S/C25H32N4O2.HI/c1-18(30)28-20-11-9-19(10-12-20)13-16-27-24(26-2)29-22-17-25(14-5-6-15-25)31-23-8-4-3-7-21(22)23;/h3-4,7-12,22H,5-6,13-17H2,1-2H3,(H,28,30)(H2,26,27,29);1H. The second-order valence-corrected chi connectivity index (χ2v) is 8.56. The van der Waals surface area contributed by atoms with Gasteiger partial charge in [-0.3, -0.25) is 9.79 Å². The van der Waals surface area contributed by atoms with Gasteiger partial charge in [-0.05, 0) is 55.9 Å². The lowest BCUT2D eigenvalue weighted by atomic mass is 9.86. The van der Waals surface area contributed by atoms with Crippen LogP contribution in [0.1, 0.15) is 56.2 Å². The number of halogens is 1. The van der Waals surface area contributed by atoms with Crippen molar-refractivity contribution in [1.82, 2.24) is 10.6 Å². The third-order valence-electron chi connectivity index (χ3n) is 6.23. The number of para-hydroxylation sites is 1. The van der Waals surface area contributed by atoms with Gasteiger partial charge in [0.05, 0.1) is 6.04 Å². The minimum Gasteiger partial charge on any atom is -0.487 e. The summed E-state index contributed by atoms with van der Waals surface area (Å²) < 4.78 is 6.47. The van der Waals surface area contributed by atoms with Crippen molar-refractivity contribution in [2.75, 3.05) is 18.9 Å². The van der Waals surface area contributed by atoms with E-state index in [1.807, 2.05) is 37.4 Å². The Kier molecular flexibility index (Phi) is 8.39. The van der Waals surface area contributed by atoms with Crippen molar-refractivity contribution in [2.45, 2.75) is 57.1 Å². The monoisotopic (exact) mass is 548 g/mol. The van der Waals surface area contributed by atoms with E-state index in [4.69, 9.17) is 4.74 Å². The largest absolute Gasteiger partial charge is 0.487 e. The highest BCUT2D eigenvalue weighted by Crippen LogP contribution is 2.46. The molecule has 0 radical (unpaired) electrons. The first-order valence-electron chi connectivity index (χ1n) is 11.2. The van der Waals surface area contributed by atoms with E-state index in [0.717, 1.165) is 49.6 Å². The van der Waals surface area contributed by atoms with Crippen LogP contribution in [-0.2, 0) is 11.2 Å². The third-order valence-corrected chi connectivity index (χ3v) is 6.23. The number of hydrogen-bond donors (Lipinski definition) is 3. The van der Waals surface area contributed by atoms with E-state index in [1.165, 1.54) is 30.9 Å². The van der Waals surface area contributed by atoms with Crippen LogP contribution in [0.4, 0.5) is 5.69 Å². The number of hydrogen-bond acceptors (Lipinski definition) is 3. The summed E-state index contributed by atoms with van der Waals surface area (Å²) in [6.45, 7) is 2.29. The molecule has 1 fully saturated rings. The molecule has 6 nitrogen and oxygen atoms in total. The van der Waals surface area contributed by atoms with Crippen LogP contribution < -0.4 is 20.7 Å². The molecule has 0 aromatic heterocycles. The maximum absolute atomic E-state index is 11.2. The summed E-state index contributed by atoms with van der Waals surface area (Å²) in [5, 5.41) is 9.89. The van der Waals surface area contributed by atoms with Gasteiger partial charge in [-0.25, -0.2) is 0 Å². The van der Waals surface area contributed by atoms with Crippen LogP contribution in [0, 0.1) is 0 Å². The van der Waals surface area contributed by atoms with E-state index in [1.54, 1.807) is 0 Å². The van der Waals surface area contributed by atoms with Gasteiger partial charge in [0.1, 0.15) is 11.4 Å². The zero-order valence-electron chi connectivity index (χ0n) is 18.8. The first kappa shape index (κ1) is 24.4. The minimum atomic E-state index is -0.0571. The summed E-state index contributed by atoms with van der Waals surface area (Å²) in [5.41, 5.74) is 3.19. The molecule has 1 heterocycles. The Morgan fingerprint density at radius 1 is 1.12 bits per heavy atom. The average Bonchev–Trinajstić information content (AvgIpc) is 3.21. The molecule has 1 atom stereocenters. The van der Waals surface area contributed by atoms with Gasteiger partial charge >= 0.3 is 0 Å². The zero-order chi connectivity index (χ0) is 21.7. The molecule has 4 rings (SSSR count). The van der Waals surface area contributed by atoms with E-state index in [-0.39, 0.29) is 41.5 Å². The number of amides is 1. The highest BCUT2D eigenvalue weighted by molar-refractivity contribution is 14.0. The smallest absolute Gasteiger partial charge is 0.221 e. The molecule has 7 heteroatoms. The van der Waals surface area contributed by atoms with E-state index < -0.39 is 0 Å². The van der Waals surface area contributed by atoms with Crippen LogP contribution in [0.3, 0.4) is 0 Å². The second kappa shape index (κ2) is 11.0. The number of guanidine groups is 1. The number of fused-ring (bicyclic) bond motifs is 1. The summed E-state index contributed by atoms with van der Waals surface area (Å²) in [6, 6.07) is 16.5. The Hall–Kier alpha value is -2.29. The fourth-order valence-corrected chi connectivity index (χ4v) is 4.72. The summed E-state index contributed by atoms with van der Waals surface area (Å²) in [6.07, 6.45) is 6.57. The Balaban J connectivity index is 0.00000289. The third kappa shape index (κ3) is 5.94. The Morgan fingerprint density at radius 2 is 1.84 bits per heavy atom. The molecule has 172 valence electrons. The highest BCUT2D eigenvalue weighted by Gasteiger charge is 2.43. The number of anilines is 1. The molecule has 32 heavy (non-hydrogen) atoms. The summed E-state index contributed by atoms with van der Waals surface area (Å²) in [4.78, 5) is 15.6. The molecule has 2 aromatic carbocycles. The van der Waals surface area contributed by atoms with Gasteiger partial charge in [-0.1, -0.05) is 30.3 Å². The zero-order valence-corrected chi connectivity index (χ0v) is 21.1. The summed E-state index contributed by atoms with van der Waals surface area (Å²) in [5.74, 6) is 1.76. The quantitative estimate of drug-likeness (QED) is 0.285. The maximum Gasteiger partial charge on any atom is 0.221 e. The van der Waals surface area contributed by atoms with Crippen molar-refractivity contribution in [1.29, 1.82) is 0 Å². The van der Waals surface area contributed by atoms with Gasteiger partial charge in [0.2, 0.25) is 5.91 Å². The molecule has 1 aliphatic carbocycles. The lowest BCUT2D eigenvalue weighted by molar-refractivity contribution is -0.114. The number of nitrogens with one attached hydrogen (secondary N) is 3. The van der Waals surface area contributed by atoms with Gasteiger partial charge < -0.3 is 20.7 Å². The molecule has 0 saturated heterocycles. The number of aliphatic imine (C=N–C) groups is 1. The number of benzene rings is 2. The number of ether oxygens (including phenoxy) is 1. The fraction of sp³-hybridized carbons (Fsp3) is 0.440. The van der Waals surface area contributed by atoms with Crippen molar-refractivity contribution in [2.24, 2.45) is 4.99 Å². The lowest BCUT2D eigenvalue weighted by Crippen LogP contribution is -2.47. The summed E-state index contributed by atoms with van der Waals surface area (Å²) in [7, 11) is 1.81. The van der Waals surface area contributed by atoms with Crippen LogP contribution in [0.15, 0.2) is 53.5 Å². The SMILES string of the molecule is CN=C(NCCc1ccc(NC(C)=O)cc1)NC1CC2(CCCC2)Oc2ccccc21.I. The molecule has 1 unspecified atom stereocenters. The molecule has 1 amide bonds. The normalized spacial score (nSPS) is 18.8. The van der Waals surface area contributed by atoms with E-state index in [0.29, 0.717) is 0 Å². The van der Waals surface area contributed by atoms with Crippen molar-refractivity contribution in [3.8, 4) is 5.75 Å². The molecule has 2 aliphatic rings. The lowest BCUT2D eigenvalue weighted by Gasteiger charge is -2.40. The summed E-state index contributed by atoms with van der Waals surface area (Å²) >= 11 is 0. The second-order valence-electron chi connectivity index (χ2n) is 8.56. The number of rotatable bonds is 5. The molecule has 1 aliphatic heterocycles. The van der Waals surface area contributed by atoms with Crippen molar-refractivity contribution in [3.05, 3.63) is 59.7 Å². The fourth-order valence-electron chi connectivity index (χ4n) is 4.72. The van der Waals surface area contributed by atoms with Gasteiger partial charge in [0, 0.05) is 38.2 Å². The molecule has 2 aromatic rings. The molecule has 1 saturated carbocycles. The first-order valence-corrected chi connectivity index (χ1v) is 11.2.